The molecule has 1 aliphatic rings. The molecule has 0 saturated carbocycles. The molecule has 1 atom stereocenters. The number of aliphatic imine (C=N–C) groups is 1. The van der Waals surface area contributed by atoms with E-state index in [0.717, 1.165) is 48.1 Å². The van der Waals surface area contributed by atoms with Crippen LogP contribution in [0.2, 0.25) is 0 Å². The van der Waals surface area contributed by atoms with E-state index in [1.807, 2.05) is 26.0 Å². The molecule has 0 spiro atoms. The van der Waals surface area contributed by atoms with Crippen LogP contribution in [0.4, 0.5) is 0 Å². The van der Waals surface area contributed by atoms with Crippen LogP contribution < -0.4 is 15.4 Å². The topological polar surface area (TPSA) is 71.7 Å². The van der Waals surface area contributed by atoms with Crippen LogP contribution in [-0.2, 0) is 6.42 Å². The van der Waals surface area contributed by atoms with Gasteiger partial charge in [-0.15, -0.1) is 24.0 Å². The van der Waals surface area contributed by atoms with Crippen LogP contribution in [0, 0.1) is 13.8 Å². The van der Waals surface area contributed by atoms with Crippen molar-refractivity contribution >= 4 is 29.9 Å². The molecule has 2 N–H and O–H groups in total. The van der Waals surface area contributed by atoms with Crippen molar-refractivity contribution in [1.82, 2.24) is 15.8 Å². The van der Waals surface area contributed by atoms with Gasteiger partial charge in [-0.2, -0.15) is 0 Å². The molecule has 0 saturated heterocycles. The van der Waals surface area contributed by atoms with Crippen LogP contribution in [0.5, 0.6) is 5.75 Å². The summed E-state index contributed by atoms with van der Waals surface area (Å²) in [5.74, 6) is 2.64. The van der Waals surface area contributed by atoms with Crippen LogP contribution >= 0.6 is 24.0 Å². The van der Waals surface area contributed by atoms with Crippen LogP contribution in [-0.4, -0.2) is 29.8 Å². The second-order valence-electron chi connectivity index (χ2n) is 7.61. The molecule has 1 aromatic carbocycles. The van der Waals surface area contributed by atoms with E-state index in [2.05, 4.69) is 48.7 Å². The van der Waals surface area contributed by atoms with Crippen LogP contribution in [0.3, 0.4) is 0 Å². The molecule has 0 bridgehead atoms. The fourth-order valence-electron chi connectivity index (χ4n) is 3.55. The van der Waals surface area contributed by atoms with Crippen LogP contribution in [0.15, 0.2) is 33.8 Å². The van der Waals surface area contributed by atoms with Gasteiger partial charge in [0, 0.05) is 30.6 Å². The minimum absolute atomic E-state index is 0. The summed E-state index contributed by atoms with van der Waals surface area (Å²) in [4.78, 5) is 4.77. The van der Waals surface area contributed by atoms with E-state index in [1.165, 1.54) is 5.56 Å². The highest BCUT2D eigenvalue weighted by Gasteiger charge is 2.33. The Morgan fingerprint density at radius 3 is 2.71 bits per heavy atom. The summed E-state index contributed by atoms with van der Waals surface area (Å²) < 4.78 is 11.4. The van der Waals surface area contributed by atoms with E-state index in [1.54, 1.807) is 0 Å². The van der Waals surface area contributed by atoms with Crippen molar-refractivity contribution in [3.05, 3.63) is 46.8 Å². The Morgan fingerprint density at radius 1 is 1.29 bits per heavy atom. The zero-order valence-electron chi connectivity index (χ0n) is 17.3. The quantitative estimate of drug-likeness (QED) is 0.365. The van der Waals surface area contributed by atoms with Gasteiger partial charge in [-0.1, -0.05) is 23.4 Å². The zero-order valence-corrected chi connectivity index (χ0v) is 19.7. The average molecular weight is 498 g/mol. The largest absolute Gasteiger partial charge is 0.487 e. The van der Waals surface area contributed by atoms with E-state index in [-0.39, 0.29) is 35.6 Å². The van der Waals surface area contributed by atoms with Gasteiger partial charge in [-0.3, -0.25) is 4.99 Å². The maximum absolute atomic E-state index is 6.13. The van der Waals surface area contributed by atoms with Crippen molar-refractivity contribution in [2.75, 3.05) is 13.1 Å². The van der Waals surface area contributed by atoms with Crippen molar-refractivity contribution in [2.45, 2.75) is 59.1 Å². The van der Waals surface area contributed by atoms with E-state index in [9.17, 15) is 0 Å². The van der Waals surface area contributed by atoms with Crippen LogP contribution in [0.25, 0.3) is 0 Å². The Hall–Kier alpha value is -1.77. The number of hydrogen-bond donors (Lipinski definition) is 2. The van der Waals surface area contributed by atoms with Gasteiger partial charge in [0.25, 0.3) is 0 Å². The maximum Gasteiger partial charge on any atom is 0.191 e. The Balaban J connectivity index is 0.00000280. The van der Waals surface area contributed by atoms with Crippen LogP contribution in [0.1, 0.15) is 55.8 Å². The molecule has 1 aliphatic heterocycles. The van der Waals surface area contributed by atoms with Gasteiger partial charge in [-0.25, -0.2) is 0 Å². The third-order valence-corrected chi connectivity index (χ3v) is 4.84. The number of fused-ring (bicyclic) bond motifs is 1. The molecule has 0 aliphatic carbocycles. The molecule has 0 amide bonds. The summed E-state index contributed by atoms with van der Waals surface area (Å²) in [6, 6.07) is 8.38. The summed E-state index contributed by atoms with van der Waals surface area (Å²) in [7, 11) is 0. The molecule has 28 heavy (non-hydrogen) atoms. The van der Waals surface area contributed by atoms with Crippen molar-refractivity contribution in [1.29, 1.82) is 0 Å². The number of aromatic nitrogens is 1. The van der Waals surface area contributed by atoms with Crippen molar-refractivity contribution in [3.8, 4) is 5.75 Å². The smallest absolute Gasteiger partial charge is 0.191 e. The molecule has 3 rings (SSSR count). The standard InChI is InChI=1S/C21H30N4O2.HI/c1-6-22-20(23-12-11-16-14(2)25-27-15(16)3)24-18-13-21(4,5)26-19-10-8-7-9-17(18)19;/h7-10,18H,6,11-13H2,1-5H3,(H2,22,23,24);1H. The predicted molar refractivity (Wildman–Crippen MR) is 123 cm³/mol. The zero-order chi connectivity index (χ0) is 19.4. The summed E-state index contributed by atoms with van der Waals surface area (Å²) in [5.41, 5.74) is 3.04. The minimum atomic E-state index is -0.222. The number of para-hydroxylation sites is 1. The molecule has 154 valence electrons. The first-order chi connectivity index (χ1) is 12.9. The highest BCUT2D eigenvalue weighted by molar-refractivity contribution is 14.0. The normalized spacial score (nSPS) is 17.9. The first-order valence-electron chi connectivity index (χ1n) is 9.64. The molecule has 6 nitrogen and oxygen atoms in total. The first kappa shape index (κ1) is 22.5. The van der Waals surface area contributed by atoms with Gasteiger partial charge in [0.05, 0.1) is 11.7 Å². The molecule has 0 radical (unpaired) electrons. The molecule has 7 heteroatoms. The van der Waals surface area contributed by atoms with E-state index >= 15 is 0 Å². The first-order valence-corrected chi connectivity index (χ1v) is 9.64. The number of hydrogen-bond acceptors (Lipinski definition) is 4. The monoisotopic (exact) mass is 498 g/mol. The molecule has 1 aromatic heterocycles. The lowest BCUT2D eigenvalue weighted by Crippen LogP contribution is -2.45. The number of ether oxygens (including phenoxy) is 1. The lowest BCUT2D eigenvalue weighted by molar-refractivity contribution is 0.0694. The Bertz CT molecular complexity index is 797. The Morgan fingerprint density at radius 2 is 2.04 bits per heavy atom. The number of nitrogens with zero attached hydrogens (tertiary/aromatic N) is 2. The number of guanidine groups is 1. The number of halogens is 1. The fraction of sp³-hybridized carbons (Fsp3) is 0.524. The predicted octanol–water partition coefficient (Wildman–Crippen LogP) is 4.31. The van der Waals surface area contributed by atoms with Crippen molar-refractivity contribution < 1.29 is 9.26 Å². The van der Waals surface area contributed by atoms with E-state index in [0.29, 0.717) is 6.54 Å². The summed E-state index contributed by atoms with van der Waals surface area (Å²) in [5, 5.41) is 11.0. The highest BCUT2D eigenvalue weighted by atomic mass is 127. The molecule has 2 aromatic rings. The van der Waals surface area contributed by atoms with Crippen molar-refractivity contribution in [2.24, 2.45) is 4.99 Å². The SMILES string of the molecule is CCNC(=NCCc1c(C)noc1C)NC1CC(C)(C)Oc2ccccc21.I. The molecular formula is C21H31IN4O2. The average Bonchev–Trinajstić information content (AvgIpc) is 2.93. The van der Waals surface area contributed by atoms with Crippen molar-refractivity contribution in [3.63, 3.8) is 0 Å². The third-order valence-electron chi connectivity index (χ3n) is 4.84. The fourth-order valence-corrected chi connectivity index (χ4v) is 3.55. The second-order valence-corrected chi connectivity index (χ2v) is 7.61. The number of nitrogens with one attached hydrogen (secondary N) is 2. The minimum Gasteiger partial charge on any atom is -0.487 e. The maximum atomic E-state index is 6.13. The van der Waals surface area contributed by atoms with Gasteiger partial charge in [0.2, 0.25) is 0 Å². The van der Waals surface area contributed by atoms with Gasteiger partial charge in [0.1, 0.15) is 17.1 Å². The lowest BCUT2D eigenvalue weighted by Gasteiger charge is -2.38. The number of rotatable bonds is 5. The van der Waals surface area contributed by atoms with E-state index in [4.69, 9.17) is 14.3 Å². The second kappa shape index (κ2) is 9.62. The highest BCUT2D eigenvalue weighted by Crippen LogP contribution is 2.39. The lowest BCUT2D eigenvalue weighted by atomic mass is 9.90. The van der Waals surface area contributed by atoms with Gasteiger partial charge >= 0.3 is 0 Å². The van der Waals surface area contributed by atoms with Gasteiger partial charge in [-0.05, 0) is 47.1 Å². The van der Waals surface area contributed by atoms with Gasteiger partial charge < -0.3 is 19.9 Å². The summed E-state index contributed by atoms with van der Waals surface area (Å²) in [6.45, 7) is 11.7. The number of aryl methyl sites for hydroxylation is 2. The molecule has 2 heterocycles. The molecule has 1 unspecified atom stereocenters. The Kier molecular flexibility index (Phi) is 7.74. The summed E-state index contributed by atoms with van der Waals surface area (Å²) in [6.07, 6.45) is 1.69. The molecule has 0 fully saturated rings. The Labute approximate surface area is 184 Å². The molecular weight excluding hydrogens is 467 g/mol. The van der Waals surface area contributed by atoms with E-state index < -0.39 is 0 Å². The van der Waals surface area contributed by atoms with Gasteiger partial charge in [0.15, 0.2) is 5.96 Å². The number of benzene rings is 1. The third kappa shape index (κ3) is 5.40. The summed E-state index contributed by atoms with van der Waals surface area (Å²) >= 11 is 0.